The lowest BCUT2D eigenvalue weighted by molar-refractivity contribution is 0.0950. The molecule has 0 aliphatic heterocycles. The molecule has 0 fully saturated rings. The van der Waals surface area contributed by atoms with Gasteiger partial charge in [0.15, 0.2) is 0 Å². The Bertz CT molecular complexity index is 648. The zero-order valence-corrected chi connectivity index (χ0v) is 13.6. The molecule has 2 aromatic carbocycles. The lowest BCUT2D eigenvalue weighted by Crippen LogP contribution is -2.22. The van der Waals surface area contributed by atoms with Gasteiger partial charge in [-0.15, -0.1) is 0 Å². The van der Waals surface area contributed by atoms with Gasteiger partial charge >= 0.3 is 0 Å². The van der Waals surface area contributed by atoms with Gasteiger partial charge in [0, 0.05) is 25.3 Å². The Hall–Kier alpha value is -2.53. The summed E-state index contributed by atoms with van der Waals surface area (Å²) in [5.74, 6) is 1.25. The fourth-order valence-electron chi connectivity index (χ4n) is 2.22. The third-order valence-corrected chi connectivity index (χ3v) is 3.36. The Kier molecular flexibility index (Phi) is 6.00. The van der Waals surface area contributed by atoms with Crippen LogP contribution in [0.25, 0.3) is 0 Å². The molecule has 0 spiro atoms. The Morgan fingerprint density at radius 2 is 1.65 bits per heavy atom. The number of ether oxygens (including phenoxy) is 3. The van der Waals surface area contributed by atoms with E-state index in [-0.39, 0.29) is 5.91 Å². The van der Waals surface area contributed by atoms with Crippen LogP contribution in [-0.4, -0.2) is 27.2 Å². The highest BCUT2D eigenvalue weighted by Crippen LogP contribution is 2.22. The minimum absolute atomic E-state index is 0.135. The molecule has 0 unspecified atom stereocenters. The van der Waals surface area contributed by atoms with Crippen LogP contribution in [0.4, 0.5) is 0 Å². The molecule has 0 atom stereocenters. The van der Waals surface area contributed by atoms with Crippen molar-refractivity contribution in [3.05, 3.63) is 59.2 Å². The standard InChI is InChI=1S/C18H21NO4/c1-21-12-13-5-4-6-15(7-13)18(20)19-11-14-8-16(22-2)10-17(9-14)23-3/h4-10H,11-12H2,1-3H3,(H,19,20). The zero-order valence-electron chi connectivity index (χ0n) is 13.6. The molecule has 5 nitrogen and oxygen atoms in total. The summed E-state index contributed by atoms with van der Waals surface area (Å²) in [6.45, 7) is 0.870. The highest BCUT2D eigenvalue weighted by molar-refractivity contribution is 5.94. The summed E-state index contributed by atoms with van der Waals surface area (Å²) in [6, 6.07) is 12.9. The number of rotatable bonds is 7. The fraction of sp³-hybridized carbons (Fsp3) is 0.278. The summed E-state index contributed by atoms with van der Waals surface area (Å²) in [4.78, 5) is 12.3. The zero-order chi connectivity index (χ0) is 16.7. The van der Waals surface area contributed by atoms with Gasteiger partial charge in [-0.3, -0.25) is 4.79 Å². The third-order valence-electron chi connectivity index (χ3n) is 3.36. The van der Waals surface area contributed by atoms with E-state index in [0.717, 1.165) is 11.1 Å². The lowest BCUT2D eigenvalue weighted by Gasteiger charge is -2.10. The lowest BCUT2D eigenvalue weighted by atomic mass is 10.1. The van der Waals surface area contributed by atoms with E-state index in [1.54, 1.807) is 33.5 Å². The first kappa shape index (κ1) is 16.8. The minimum atomic E-state index is -0.135. The van der Waals surface area contributed by atoms with Crippen LogP contribution < -0.4 is 14.8 Å². The summed E-state index contributed by atoms with van der Waals surface area (Å²) < 4.78 is 15.5. The summed E-state index contributed by atoms with van der Waals surface area (Å²) in [7, 11) is 4.82. The van der Waals surface area contributed by atoms with E-state index < -0.39 is 0 Å². The smallest absolute Gasteiger partial charge is 0.251 e. The van der Waals surface area contributed by atoms with Gasteiger partial charge in [0.25, 0.3) is 5.91 Å². The van der Waals surface area contributed by atoms with Crippen molar-refractivity contribution < 1.29 is 19.0 Å². The van der Waals surface area contributed by atoms with Gasteiger partial charge in [-0.2, -0.15) is 0 Å². The Morgan fingerprint density at radius 3 is 2.26 bits per heavy atom. The SMILES string of the molecule is COCc1cccc(C(=O)NCc2cc(OC)cc(OC)c2)c1. The van der Waals surface area contributed by atoms with E-state index in [0.29, 0.717) is 30.2 Å². The van der Waals surface area contributed by atoms with E-state index in [9.17, 15) is 4.79 Å². The number of methoxy groups -OCH3 is 3. The molecule has 0 aliphatic rings. The highest BCUT2D eigenvalue weighted by Gasteiger charge is 2.08. The van der Waals surface area contributed by atoms with E-state index in [1.165, 1.54) is 0 Å². The number of hydrogen-bond donors (Lipinski definition) is 1. The summed E-state index contributed by atoms with van der Waals surface area (Å²) in [6.07, 6.45) is 0. The number of hydrogen-bond acceptors (Lipinski definition) is 4. The molecule has 0 aromatic heterocycles. The second-order valence-corrected chi connectivity index (χ2v) is 5.04. The Balaban J connectivity index is 2.05. The average molecular weight is 315 g/mol. The molecular weight excluding hydrogens is 294 g/mol. The molecule has 0 saturated carbocycles. The van der Waals surface area contributed by atoms with Crippen molar-refractivity contribution in [2.45, 2.75) is 13.2 Å². The maximum atomic E-state index is 12.3. The second kappa shape index (κ2) is 8.19. The van der Waals surface area contributed by atoms with Gasteiger partial charge in [0.2, 0.25) is 0 Å². The van der Waals surface area contributed by atoms with Crippen molar-refractivity contribution in [3.63, 3.8) is 0 Å². The Morgan fingerprint density at radius 1 is 0.957 bits per heavy atom. The first-order valence-electron chi connectivity index (χ1n) is 7.24. The molecule has 0 aliphatic carbocycles. The topological polar surface area (TPSA) is 56.8 Å². The summed E-state index contributed by atoms with van der Waals surface area (Å²) in [5, 5.41) is 2.90. The molecule has 5 heteroatoms. The maximum absolute atomic E-state index is 12.3. The van der Waals surface area contributed by atoms with Gasteiger partial charge < -0.3 is 19.5 Å². The van der Waals surface area contributed by atoms with Gasteiger partial charge in [0.05, 0.1) is 20.8 Å². The maximum Gasteiger partial charge on any atom is 0.251 e. The molecule has 2 aromatic rings. The molecule has 122 valence electrons. The first-order chi connectivity index (χ1) is 11.2. The van der Waals surface area contributed by atoms with Crippen LogP contribution in [-0.2, 0) is 17.9 Å². The number of nitrogens with one attached hydrogen (secondary N) is 1. The normalized spacial score (nSPS) is 10.2. The molecular formula is C18H21NO4. The van der Waals surface area contributed by atoms with Crippen molar-refractivity contribution in [1.82, 2.24) is 5.32 Å². The highest BCUT2D eigenvalue weighted by atomic mass is 16.5. The van der Waals surface area contributed by atoms with E-state index in [4.69, 9.17) is 14.2 Å². The molecule has 0 radical (unpaired) electrons. The average Bonchev–Trinajstić information content (AvgIpc) is 2.59. The van der Waals surface area contributed by atoms with Crippen molar-refractivity contribution in [3.8, 4) is 11.5 Å². The van der Waals surface area contributed by atoms with Crippen molar-refractivity contribution in [2.24, 2.45) is 0 Å². The number of benzene rings is 2. The quantitative estimate of drug-likeness (QED) is 0.853. The van der Waals surface area contributed by atoms with Gasteiger partial charge in [-0.25, -0.2) is 0 Å². The van der Waals surface area contributed by atoms with Crippen LogP contribution in [0.5, 0.6) is 11.5 Å². The third kappa shape index (κ3) is 4.72. The first-order valence-corrected chi connectivity index (χ1v) is 7.24. The van der Waals surface area contributed by atoms with E-state index in [1.807, 2.05) is 30.3 Å². The molecule has 0 heterocycles. The van der Waals surface area contributed by atoms with Gasteiger partial charge in [-0.05, 0) is 35.4 Å². The summed E-state index contributed by atoms with van der Waals surface area (Å²) in [5.41, 5.74) is 2.47. The van der Waals surface area contributed by atoms with Crippen LogP contribution in [0, 0.1) is 0 Å². The van der Waals surface area contributed by atoms with Crippen LogP contribution >= 0.6 is 0 Å². The predicted molar refractivity (Wildman–Crippen MR) is 87.9 cm³/mol. The number of carbonyl (C=O) groups is 1. The van der Waals surface area contributed by atoms with Crippen LogP contribution in [0.3, 0.4) is 0 Å². The minimum Gasteiger partial charge on any atom is -0.497 e. The Labute approximate surface area is 136 Å². The van der Waals surface area contributed by atoms with E-state index >= 15 is 0 Å². The van der Waals surface area contributed by atoms with E-state index in [2.05, 4.69) is 5.32 Å². The van der Waals surface area contributed by atoms with Crippen LogP contribution in [0.15, 0.2) is 42.5 Å². The van der Waals surface area contributed by atoms with Crippen LogP contribution in [0.1, 0.15) is 21.5 Å². The number of amides is 1. The van der Waals surface area contributed by atoms with Gasteiger partial charge in [-0.1, -0.05) is 12.1 Å². The number of carbonyl (C=O) groups excluding carboxylic acids is 1. The monoisotopic (exact) mass is 315 g/mol. The molecule has 0 bridgehead atoms. The molecule has 1 N–H and O–H groups in total. The molecule has 1 amide bonds. The largest absolute Gasteiger partial charge is 0.497 e. The molecule has 2 rings (SSSR count). The molecule has 0 saturated heterocycles. The predicted octanol–water partition coefficient (Wildman–Crippen LogP) is 2.78. The van der Waals surface area contributed by atoms with Crippen molar-refractivity contribution >= 4 is 5.91 Å². The molecule has 23 heavy (non-hydrogen) atoms. The van der Waals surface area contributed by atoms with Crippen molar-refractivity contribution in [2.75, 3.05) is 21.3 Å². The summed E-state index contributed by atoms with van der Waals surface area (Å²) >= 11 is 0. The van der Waals surface area contributed by atoms with Crippen molar-refractivity contribution in [1.29, 1.82) is 0 Å². The van der Waals surface area contributed by atoms with Gasteiger partial charge in [0.1, 0.15) is 11.5 Å². The fourth-order valence-corrected chi connectivity index (χ4v) is 2.22. The van der Waals surface area contributed by atoms with Crippen LogP contribution in [0.2, 0.25) is 0 Å². The second-order valence-electron chi connectivity index (χ2n) is 5.04.